The molecule has 29 heavy (non-hydrogen) atoms. The molecule has 3 rings (SSSR count). The Labute approximate surface area is 189 Å². The van der Waals surface area contributed by atoms with Crippen LogP contribution >= 0.6 is 24.0 Å². The van der Waals surface area contributed by atoms with Gasteiger partial charge >= 0.3 is 0 Å². The Hall–Kier alpha value is -1.33. The third-order valence-corrected chi connectivity index (χ3v) is 5.06. The predicted molar refractivity (Wildman–Crippen MR) is 122 cm³/mol. The van der Waals surface area contributed by atoms with E-state index in [1.165, 1.54) is 6.26 Å². The van der Waals surface area contributed by atoms with E-state index < -0.39 is 0 Å². The van der Waals surface area contributed by atoms with Crippen LogP contribution < -0.4 is 10.6 Å². The Balaban J connectivity index is 0.00000300. The van der Waals surface area contributed by atoms with Crippen molar-refractivity contribution in [3.63, 3.8) is 0 Å². The van der Waals surface area contributed by atoms with Gasteiger partial charge in [0.2, 0.25) is 0 Å². The number of ether oxygens (including phenoxy) is 2. The Bertz CT molecular complexity index is 661. The number of guanidine groups is 1. The molecule has 2 unspecified atom stereocenters. The summed E-state index contributed by atoms with van der Waals surface area (Å²) in [5.41, 5.74) is 0.845. The van der Waals surface area contributed by atoms with Gasteiger partial charge in [-0.15, -0.1) is 24.0 Å². The van der Waals surface area contributed by atoms with Crippen LogP contribution in [-0.2, 0) is 9.47 Å². The number of halogens is 1. The molecule has 0 aliphatic carbocycles. The highest BCUT2D eigenvalue weighted by Gasteiger charge is 2.32. The molecule has 3 heterocycles. The van der Waals surface area contributed by atoms with Crippen LogP contribution in [0, 0.1) is 6.92 Å². The van der Waals surface area contributed by atoms with E-state index in [4.69, 9.17) is 18.9 Å². The number of nitrogens with one attached hydrogen (secondary N) is 2. The van der Waals surface area contributed by atoms with Crippen molar-refractivity contribution in [2.45, 2.75) is 45.3 Å². The maximum Gasteiger partial charge on any atom is 0.287 e. The minimum Gasteiger partial charge on any atom is -0.459 e. The second-order valence-corrected chi connectivity index (χ2v) is 7.18. The summed E-state index contributed by atoms with van der Waals surface area (Å²) in [5.74, 6) is 1.11. The minimum atomic E-state index is -0.175. The third kappa shape index (κ3) is 6.85. The molecule has 2 atom stereocenters. The number of carbonyl (C=O) groups excluding carboxylic acids is 1. The standard InChI is InChI=1S/C20H32N4O4.HI/c1-3-21-20(24-10-13-27-17(14-24)16-6-4-11-26-16)23-9-5-8-22-19(25)18-15(2)7-12-28-18;/h7,12,16-17H,3-6,8-11,13-14H2,1-2H3,(H,21,23)(H,22,25);1H. The first-order chi connectivity index (χ1) is 13.7. The maximum atomic E-state index is 12.0. The molecule has 0 saturated carbocycles. The van der Waals surface area contributed by atoms with Crippen LogP contribution in [0.2, 0.25) is 0 Å². The Morgan fingerprint density at radius 1 is 1.28 bits per heavy atom. The molecule has 2 saturated heterocycles. The quantitative estimate of drug-likeness (QED) is 0.248. The van der Waals surface area contributed by atoms with E-state index in [0.29, 0.717) is 25.5 Å². The molecule has 9 heteroatoms. The Morgan fingerprint density at radius 3 is 2.79 bits per heavy atom. The molecule has 2 fully saturated rings. The monoisotopic (exact) mass is 520 g/mol. The zero-order chi connectivity index (χ0) is 19.8. The average Bonchev–Trinajstić information content (AvgIpc) is 3.38. The van der Waals surface area contributed by atoms with Crippen LogP contribution in [0.15, 0.2) is 21.7 Å². The summed E-state index contributed by atoms with van der Waals surface area (Å²) in [6.45, 7) is 9.08. The molecule has 0 radical (unpaired) electrons. The summed E-state index contributed by atoms with van der Waals surface area (Å²) in [4.78, 5) is 19.0. The fourth-order valence-electron chi connectivity index (χ4n) is 3.57. The van der Waals surface area contributed by atoms with Crippen molar-refractivity contribution in [3.05, 3.63) is 23.7 Å². The lowest BCUT2D eigenvalue weighted by molar-refractivity contribution is -0.0817. The van der Waals surface area contributed by atoms with E-state index in [-0.39, 0.29) is 42.1 Å². The summed E-state index contributed by atoms with van der Waals surface area (Å²) in [6, 6.07) is 1.79. The second kappa shape index (κ2) is 12.4. The summed E-state index contributed by atoms with van der Waals surface area (Å²) < 4.78 is 16.9. The molecular formula is C20H33IN4O4. The first-order valence-electron chi connectivity index (χ1n) is 10.3. The molecule has 1 amide bonds. The van der Waals surface area contributed by atoms with E-state index in [1.54, 1.807) is 6.07 Å². The van der Waals surface area contributed by atoms with Gasteiger partial charge in [-0.1, -0.05) is 0 Å². The number of aliphatic imine (C=N–C) groups is 1. The number of rotatable bonds is 7. The largest absolute Gasteiger partial charge is 0.459 e. The highest BCUT2D eigenvalue weighted by atomic mass is 127. The SMILES string of the molecule is CCNC(=NCCCNC(=O)c1occc1C)N1CCOC(C2CCCO2)C1.I. The summed E-state index contributed by atoms with van der Waals surface area (Å²) in [7, 11) is 0. The van der Waals surface area contributed by atoms with Crippen LogP contribution in [0.5, 0.6) is 0 Å². The number of nitrogens with zero attached hydrogens (tertiary/aromatic N) is 2. The Morgan fingerprint density at radius 2 is 2.10 bits per heavy atom. The highest BCUT2D eigenvalue weighted by Crippen LogP contribution is 2.21. The number of hydrogen-bond donors (Lipinski definition) is 2. The van der Waals surface area contributed by atoms with Crippen molar-refractivity contribution >= 4 is 35.8 Å². The molecular weight excluding hydrogens is 487 g/mol. The summed E-state index contributed by atoms with van der Waals surface area (Å²) in [5, 5.41) is 6.25. The van der Waals surface area contributed by atoms with Crippen molar-refractivity contribution in [3.8, 4) is 0 Å². The first-order valence-corrected chi connectivity index (χ1v) is 10.3. The van der Waals surface area contributed by atoms with E-state index in [2.05, 4.69) is 22.5 Å². The van der Waals surface area contributed by atoms with Gasteiger partial charge in [-0.25, -0.2) is 0 Å². The molecule has 2 aliphatic heterocycles. The smallest absolute Gasteiger partial charge is 0.287 e. The van der Waals surface area contributed by atoms with E-state index in [1.807, 2.05) is 6.92 Å². The van der Waals surface area contributed by atoms with Gasteiger partial charge < -0.3 is 29.4 Å². The molecule has 2 aliphatic rings. The van der Waals surface area contributed by atoms with Gasteiger partial charge in [0.15, 0.2) is 11.7 Å². The van der Waals surface area contributed by atoms with Crippen LogP contribution in [0.4, 0.5) is 0 Å². The van der Waals surface area contributed by atoms with Crippen molar-refractivity contribution in [2.24, 2.45) is 4.99 Å². The summed E-state index contributed by atoms with van der Waals surface area (Å²) >= 11 is 0. The van der Waals surface area contributed by atoms with Crippen LogP contribution in [0.25, 0.3) is 0 Å². The van der Waals surface area contributed by atoms with E-state index in [9.17, 15) is 4.79 Å². The van der Waals surface area contributed by atoms with Gasteiger partial charge in [0, 0.05) is 44.9 Å². The highest BCUT2D eigenvalue weighted by molar-refractivity contribution is 14.0. The molecule has 2 N–H and O–H groups in total. The number of aryl methyl sites for hydroxylation is 1. The molecule has 164 valence electrons. The lowest BCUT2D eigenvalue weighted by Gasteiger charge is -2.37. The fraction of sp³-hybridized carbons (Fsp3) is 0.700. The van der Waals surface area contributed by atoms with Gasteiger partial charge in [0.25, 0.3) is 5.91 Å². The zero-order valence-corrected chi connectivity index (χ0v) is 19.6. The molecule has 0 spiro atoms. The lowest BCUT2D eigenvalue weighted by atomic mass is 10.1. The van der Waals surface area contributed by atoms with Crippen LogP contribution in [-0.4, -0.2) is 74.9 Å². The maximum absolute atomic E-state index is 12.0. The molecule has 1 aromatic rings. The summed E-state index contributed by atoms with van der Waals surface area (Å²) in [6.07, 6.45) is 4.79. The van der Waals surface area contributed by atoms with E-state index >= 15 is 0 Å². The van der Waals surface area contributed by atoms with E-state index in [0.717, 1.165) is 57.0 Å². The van der Waals surface area contributed by atoms with Crippen molar-refractivity contribution < 1.29 is 18.7 Å². The van der Waals surface area contributed by atoms with Crippen molar-refractivity contribution in [1.82, 2.24) is 15.5 Å². The van der Waals surface area contributed by atoms with Gasteiger partial charge in [0.05, 0.1) is 19.0 Å². The number of amides is 1. The van der Waals surface area contributed by atoms with Crippen molar-refractivity contribution in [2.75, 3.05) is 45.9 Å². The molecule has 8 nitrogen and oxygen atoms in total. The topological polar surface area (TPSA) is 88.3 Å². The average molecular weight is 520 g/mol. The molecule has 0 aromatic carbocycles. The number of furan rings is 1. The molecule has 1 aromatic heterocycles. The third-order valence-electron chi connectivity index (χ3n) is 5.06. The second-order valence-electron chi connectivity index (χ2n) is 7.18. The van der Waals surface area contributed by atoms with Gasteiger partial charge in [-0.3, -0.25) is 9.79 Å². The first kappa shape index (κ1) is 23.9. The van der Waals surface area contributed by atoms with Gasteiger partial charge in [0.1, 0.15) is 6.10 Å². The fourth-order valence-corrected chi connectivity index (χ4v) is 3.57. The zero-order valence-electron chi connectivity index (χ0n) is 17.3. The van der Waals surface area contributed by atoms with Crippen molar-refractivity contribution in [1.29, 1.82) is 0 Å². The predicted octanol–water partition coefficient (Wildman–Crippen LogP) is 2.17. The number of morpholine rings is 1. The van der Waals surface area contributed by atoms with Gasteiger partial charge in [-0.2, -0.15) is 0 Å². The Kier molecular flexibility index (Phi) is 10.2. The van der Waals surface area contributed by atoms with Gasteiger partial charge in [-0.05, 0) is 39.2 Å². The van der Waals surface area contributed by atoms with Crippen LogP contribution in [0.3, 0.4) is 0 Å². The normalized spacial score (nSPS) is 22.3. The lowest BCUT2D eigenvalue weighted by Crippen LogP contribution is -2.53. The number of carbonyl (C=O) groups is 1. The van der Waals surface area contributed by atoms with Crippen LogP contribution in [0.1, 0.15) is 42.3 Å². The minimum absolute atomic E-state index is 0. The number of hydrogen-bond acceptors (Lipinski definition) is 5. The molecule has 0 bridgehead atoms.